The lowest BCUT2D eigenvalue weighted by molar-refractivity contribution is -0.0608. The number of methoxy groups -OCH3 is 1. The maximum atomic E-state index is 9.15. The predicted octanol–water partition coefficient (Wildman–Crippen LogP) is 2.19. The Kier molecular flexibility index (Phi) is 5.47. The molecule has 1 aliphatic carbocycles. The van der Waals surface area contributed by atoms with Crippen molar-refractivity contribution in [3.8, 4) is 0 Å². The smallest absolute Gasteiger partial charge is 0.0681 e. The number of ether oxygens (including phenoxy) is 2. The van der Waals surface area contributed by atoms with Crippen molar-refractivity contribution in [2.75, 3.05) is 26.9 Å². The van der Waals surface area contributed by atoms with Crippen LogP contribution in [-0.4, -0.2) is 49.0 Å². The lowest BCUT2D eigenvalue weighted by atomic mass is 9.93. The summed E-state index contributed by atoms with van der Waals surface area (Å²) in [6.45, 7) is 3.68. The highest BCUT2D eigenvalue weighted by Gasteiger charge is 2.38. The molecule has 0 aromatic heterocycles. The van der Waals surface area contributed by atoms with Crippen molar-refractivity contribution in [2.24, 2.45) is 5.92 Å². The summed E-state index contributed by atoms with van der Waals surface area (Å²) >= 11 is 0. The molecule has 1 N–H and O–H groups in total. The molecular weight excluding hydrogens is 278 g/mol. The third-order valence-corrected chi connectivity index (χ3v) is 5.17. The van der Waals surface area contributed by atoms with Gasteiger partial charge in [0.15, 0.2) is 0 Å². The Labute approximate surface area is 133 Å². The maximum Gasteiger partial charge on any atom is 0.0681 e. The van der Waals surface area contributed by atoms with Gasteiger partial charge in [0.2, 0.25) is 0 Å². The Balaban J connectivity index is 1.69. The van der Waals surface area contributed by atoms with Crippen molar-refractivity contribution >= 4 is 0 Å². The second kappa shape index (κ2) is 7.55. The summed E-state index contributed by atoms with van der Waals surface area (Å²) in [5.74, 6) is 0.585. The molecule has 0 unspecified atom stereocenters. The topological polar surface area (TPSA) is 41.9 Å². The lowest BCUT2D eigenvalue weighted by Gasteiger charge is -2.40. The van der Waals surface area contributed by atoms with E-state index < -0.39 is 0 Å². The highest BCUT2D eigenvalue weighted by molar-refractivity contribution is 5.22. The van der Waals surface area contributed by atoms with Gasteiger partial charge in [0.25, 0.3) is 0 Å². The molecule has 1 heterocycles. The molecule has 4 heteroatoms. The SMILES string of the molecule is CO[C@@H]1CCC[C@@H]1[C@@H]1COCCN1Cc1ccc(CO)cc1. The summed E-state index contributed by atoms with van der Waals surface area (Å²) in [4.78, 5) is 2.56. The molecule has 1 aromatic carbocycles. The van der Waals surface area contributed by atoms with E-state index in [1.807, 2.05) is 19.2 Å². The quantitative estimate of drug-likeness (QED) is 0.905. The van der Waals surface area contributed by atoms with Crippen molar-refractivity contribution < 1.29 is 14.6 Å². The standard InChI is InChI=1S/C18H27NO3/c1-21-18-4-2-3-16(18)17-13-22-10-9-19(17)11-14-5-7-15(12-20)8-6-14/h5-8,16-18,20H,2-4,9-13H2,1H3/t16-,17+,18-/m1/s1. The van der Waals surface area contributed by atoms with Crippen molar-refractivity contribution in [1.82, 2.24) is 4.90 Å². The summed E-state index contributed by atoms with van der Waals surface area (Å²) in [5.41, 5.74) is 2.27. The van der Waals surface area contributed by atoms with E-state index in [1.54, 1.807) is 0 Å². The highest BCUT2D eigenvalue weighted by Crippen LogP contribution is 2.34. The van der Waals surface area contributed by atoms with Crippen LogP contribution < -0.4 is 0 Å². The van der Waals surface area contributed by atoms with Crippen LogP contribution in [0.25, 0.3) is 0 Å². The Morgan fingerprint density at radius 1 is 1.23 bits per heavy atom. The van der Waals surface area contributed by atoms with E-state index >= 15 is 0 Å². The van der Waals surface area contributed by atoms with Gasteiger partial charge in [0, 0.05) is 32.2 Å². The predicted molar refractivity (Wildman–Crippen MR) is 85.5 cm³/mol. The van der Waals surface area contributed by atoms with Gasteiger partial charge in [-0.25, -0.2) is 0 Å². The van der Waals surface area contributed by atoms with Gasteiger partial charge in [-0.15, -0.1) is 0 Å². The number of nitrogens with zero attached hydrogens (tertiary/aromatic N) is 1. The number of aliphatic hydroxyl groups excluding tert-OH is 1. The minimum atomic E-state index is 0.109. The monoisotopic (exact) mass is 305 g/mol. The van der Waals surface area contributed by atoms with E-state index in [2.05, 4.69) is 17.0 Å². The Morgan fingerprint density at radius 3 is 2.73 bits per heavy atom. The van der Waals surface area contributed by atoms with Crippen LogP contribution in [0.5, 0.6) is 0 Å². The van der Waals surface area contributed by atoms with Crippen molar-refractivity contribution in [1.29, 1.82) is 0 Å². The minimum absolute atomic E-state index is 0.109. The third kappa shape index (κ3) is 3.51. The van der Waals surface area contributed by atoms with Crippen LogP contribution in [-0.2, 0) is 22.6 Å². The van der Waals surface area contributed by atoms with Crippen molar-refractivity contribution in [3.05, 3.63) is 35.4 Å². The van der Waals surface area contributed by atoms with Crippen LogP contribution in [0.1, 0.15) is 30.4 Å². The zero-order chi connectivity index (χ0) is 15.4. The summed E-state index contributed by atoms with van der Waals surface area (Å²) in [6.07, 6.45) is 4.06. The molecule has 2 aliphatic rings. The van der Waals surface area contributed by atoms with Gasteiger partial charge in [-0.3, -0.25) is 4.90 Å². The van der Waals surface area contributed by atoms with E-state index in [0.29, 0.717) is 18.1 Å². The molecule has 4 nitrogen and oxygen atoms in total. The molecule has 0 amide bonds. The Morgan fingerprint density at radius 2 is 2.00 bits per heavy atom. The molecular formula is C18H27NO3. The van der Waals surface area contributed by atoms with E-state index in [4.69, 9.17) is 14.6 Å². The van der Waals surface area contributed by atoms with Gasteiger partial charge < -0.3 is 14.6 Å². The number of hydrogen-bond donors (Lipinski definition) is 1. The van der Waals surface area contributed by atoms with Gasteiger partial charge >= 0.3 is 0 Å². The minimum Gasteiger partial charge on any atom is -0.392 e. The van der Waals surface area contributed by atoms with Crippen LogP contribution in [0.3, 0.4) is 0 Å². The molecule has 0 spiro atoms. The Bertz CT molecular complexity index is 462. The molecule has 3 atom stereocenters. The summed E-state index contributed by atoms with van der Waals surface area (Å²) in [7, 11) is 1.84. The second-order valence-electron chi connectivity index (χ2n) is 6.46. The van der Waals surface area contributed by atoms with E-state index in [1.165, 1.54) is 24.8 Å². The third-order valence-electron chi connectivity index (χ3n) is 5.17. The van der Waals surface area contributed by atoms with Crippen molar-refractivity contribution in [2.45, 2.75) is 44.6 Å². The summed E-state index contributed by atoms with van der Waals surface area (Å²) < 4.78 is 11.5. The highest BCUT2D eigenvalue weighted by atomic mass is 16.5. The first-order chi connectivity index (χ1) is 10.8. The fourth-order valence-electron chi connectivity index (χ4n) is 3.92. The van der Waals surface area contributed by atoms with Gasteiger partial charge in [-0.05, 0) is 24.0 Å². The van der Waals surface area contributed by atoms with Gasteiger partial charge in [-0.2, -0.15) is 0 Å². The molecule has 3 rings (SSSR count). The maximum absolute atomic E-state index is 9.15. The normalized spacial score (nSPS) is 29.8. The first-order valence-electron chi connectivity index (χ1n) is 8.35. The van der Waals surface area contributed by atoms with Crippen LogP contribution in [0.4, 0.5) is 0 Å². The van der Waals surface area contributed by atoms with E-state index in [0.717, 1.165) is 31.9 Å². The fourth-order valence-corrected chi connectivity index (χ4v) is 3.92. The van der Waals surface area contributed by atoms with Crippen molar-refractivity contribution in [3.63, 3.8) is 0 Å². The number of hydrogen-bond acceptors (Lipinski definition) is 4. The molecule has 0 bridgehead atoms. The van der Waals surface area contributed by atoms with Gasteiger partial charge in [-0.1, -0.05) is 30.7 Å². The molecule has 122 valence electrons. The number of benzene rings is 1. The number of morpholine rings is 1. The Hall–Kier alpha value is -0.940. The largest absolute Gasteiger partial charge is 0.392 e. The van der Waals surface area contributed by atoms with Crippen LogP contribution >= 0.6 is 0 Å². The summed E-state index contributed by atoms with van der Waals surface area (Å²) in [6, 6.07) is 8.73. The zero-order valence-electron chi connectivity index (χ0n) is 13.4. The molecule has 1 saturated heterocycles. The lowest BCUT2D eigenvalue weighted by Crippen LogP contribution is -2.50. The van der Waals surface area contributed by atoms with Gasteiger partial charge in [0.05, 0.1) is 25.9 Å². The average molecular weight is 305 g/mol. The van der Waals surface area contributed by atoms with E-state index in [9.17, 15) is 0 Å². The molecule has 2 fully saturated rings. The first-order valence-corrected chi connectivity index (χ1v) is 8.35. The second-order valence-corrected chi connectivity index (χ2v) is 6.46. The van der Waals surface area contributed by atoms with E-state index in [-0.39, 0.29) is 6.61 Å². The fraction of sp³-hybridized carbons (Fsp3) is 0.667. The number of aliphatic hydroxyl groups is 1. The first kappa shape index (κ1) is 15.9. The zero-order valence-corrected chi connectivity index (χ0v) is 13.4. The molecule has 22 heavy (non-hydrogen) atoms. The molecule has 1 aromatic rings. The van der Waals surface area contributed by atoms with Crippen LogP contribution in [0, 0.1) is 5.92 Å². The molecule has 1 aliphatic heterocycles. The van der Waals surface area contributed by atoms with Crippen LogP contribution in [0.15, 0.2) is 24.3 Å². The number of rotatable bonds is 5. The summed E-state index contributed by atoms with van der Waals surface area (Å²) in [5, 5.41) is 9.15. The average Bonchev–Trinajstić information content (AvgIpc) is 3.04. The molecule has 0 radical (unpaired) electrons. The molecule has 1 saturated carbocycles. The van der Waals surface area contributed by atoms with Crippen LogP contribution in [0.2, 0.25) is 0 Å². The van der Waals surface area contributed by atoms with Gasteiger partial charge in [0.1, 0.15) is 0 Å².